The van der Waals surface area contributed by atoms with Crippen molar-refractivity contribution in [2.75, 3.05) is 13.1 Å². The first-order valence-corrected chi connectivity index (χ1v) is 7.29. The van der Waals surface area contributed by atoms with E-state index in [9.17, 15) is 0 Å². The van der Waals surface area contributed by atoms with Crippen molar-refractivity contribution >= 4 is 6.21 Å². The van der Waals surface area contributed by atoms with E-state index >= 15 is 0 Å². The third kappa shape index (κ3) is 13.9. The Morgan fingerprint density at radius 1 is 0.824 bits per heavy atom. The van der Waals surface area contributed by atoms with Crippen LogP contribution in [0.4, 0.5) is 0 Å². The van der Waals surface area contributed by atoms with Gasteiger partial charge in [0, 0.05) is 18.8 Å². The summed E-state index contributed by atoms with van der Waals surface area (Å²) in [5.41, 5.74) is 0. The van der Waals surface area contributed by atoms with Crippen LogP contribution in [-0.2, 0) is 0 Å². The Morgan fingerprint density at radius 3 is 1.94 bits per heavy atom. The van der Waals surface area contributed by atoms with Gasteiger partial charge in [-0.25, -0.2) is 4.58 Å². The highest BCUT2D eigenvalue weighted by Gasteiger charge is 2.03. The second kappa shape index (κ2) is 14.0. The first kappa shape index (κ1) is 19.3. The van der Waals surface area contributed by atoms with Crippen LogP contribution in [0.15, 0.2) is 0 Å². The van der Waals surface area contributed by atoms with Crippen LogP contribution in [0.3, 0.4) is 0 Å². The van der Waals surface area contributed by atoms with Crippen molar-refractivity contribution in [2.24, 2.45) is 5.92 Å². The van der Waals surface area contributed by atoms with Crippen molar-refractivity contribution in [3.05, 3.63) is 0 Å². The number of nitrogens with zero attached hydrogens (tertiary/aromatic N) is 1. The molecule has 0 bridgehead atoms. The van der Waals surface area contributed by atoms with Gasteiger partial charge in [-0.15, -0.1) is 0 Å². The molecule has 0 aromatic carbocycles. The minimum Gasteiger partial charge on any atom is -1.00 e. The predicted molar refractivity (Wildman–Crippen MR) is 74.6 cm³/mol. The van der Waals surface area contributed by atoms with E-state index in [4.69, 9.17) is 0 Å². The quantitative estimate of drug-likeness (QED) is 0.319. The van der Waals surface area contributed by atoms with Gasteiger partial charge in [0.1, 0.15) is 19.3 Å². The standard InChI is InChI=1S/C15H32N.ClH/c1-5-7-8-9-10-11-13-16(12-6-2)14-15(3)4;/h14-15H,5-13H2,1-4H3;1H/q+1;/p-1. The van der Waals surface area contributed by atoms with E-state index < -0.39 is 0 Å². The molecule has 0 atom stereocenters. The van der Waals surface area contributed by atoms with E-state index in [1.807, 2.05) is 0 Å². The lowest BCUT2D eigenvalue weighted by molar-refractivity contribution is -0.526. The maximum atomic E-state index is 2.52. The van der Waals surface area contributed by atoms with Crippen molar-refractivity contribution in [3.63, 3.8) is 0 Å². The lowest BCUT2D eigenvalue weighted by atomic mass is 10.1. The largest absolute Gasteiger partial charge is 1.00 e. The molecule has 0 spiro atoms. The summed E-state index contributed by atoms with van der Waals surface area (Å²) in [7, 11) is 0. The van der Waals surface area contributed by atoms with Crippen molar-refractivity contribution < 1.29 is 17.0 Å². The molecule has 0 aliphatic carbocycles. The van der Waals surface area contributed by atoms with Crippen molar-refractivity contribution in [1.29, 1.82) is 0 Å². The number of unbranched alkanes of at least 4 members (excludes halogenated alkanes) is 5. The van der Waals surface area contributed by atoms with Crippen LogP contribution in [0.5, 0.6) is 0 Å². The van der Waals surface area contributed by atoms with Gasteiger partial charge in [-0.3, -0.25) is 0 Å². The third-order valence-electron chi connectivity index (χ3n) is 2.82. The second-order valence-corrected chi connectivity index (χ2v) is 5.20. The van der Waals surface area contributed by atoms with Crippen LogP contribution in [-0.4, -0.2) is 23.9 Å². The van der Waals surface area contributed by atoms with Crippen LogP contribution >= 0.6 is 0 Å². The van der Waals surface area contributed by atoms with E-state index in [1.54, 1.807) is 0 Å². The molecule has 0 heterocycles. The summed E-state index contributed by atoms with van der Waals surface area (Å²) in [6, 6.07) is 0. The first-order valence-electron chi connectivity index (χ1n) is 7.29. The molecule has 0 rings (SSSR count). The summed E-state index contributed by atoms with van der Waals surface area (Å²) in [6.07, 6.45) is 12.1. The Kier molecular flexibility index (Phi) is 15.9. The first-order chi connectivity index (χ1) is 7.70. The van der Waals surface area contributed by atoms with Gasteiger partial charge in [0.05, 0.1) is 0 Å². The third-order valence-corrected chi connectivity index (χ3v) is 2.82. The molecular formula is C15H32ClN. The van der Waals surface area contributed by atoms with E-state index in [0.29, 0.717) is 5.92 Å². The Morgan fingerprint density at radius 2 is 1.41 bits per heavy atom. The van der Waals surface area contributed by atoms with Gasteiger partial charge < -0.3 is 12.4 Å². The van der Waals surface area contributed by atoms with Crippen LogP contribution in [0.25, 0.3) is 0 Å². The maximum Gasteiger partial charge on any atom is 0.142 e. The van der Waals surface area contributed by atoms with E-state index in [1.165, 1.54) is 58.0 Å². The number of rotatable bonds is 10. The highest BCUT2D eigenvalue weighted by molar-refractivity contribution is 5.53. The minimum atomic E-state index is 0. The fraction of sp³-hybridized carbons (Fsp3) is 0.933. The van der Waals surface area contributed by atoms with Crippen molar-refractivity contribution in [3.8, 4) is 0 Å². The summed E-state index contributed by atoms with van der Waals surface area (Å²) in [5, 5.41) is 0. The zero-order valence-electron chi connectivity index (χ0n) is 12.3. The fourth-order valence-electron chi connectivity index (χ4n) is 2.06. The Labute approximate surface area is 115 Å². The Hall–Kier alpha value is -0.0400. The van der Waals surface area contributed by atoms with Gasteiger partial charge in [-0.2, -0.15) is 0 Å². The molecule has 0 aromatic rings. The van der Waals surface area contributed by atoms with Gasteiger partial charge in [-0.1, -0.05) is 53.4 Å². The molecule has 0 saturated heterocycles. The molecule has 0 amide bonds. The van der Waals surface area contributed by atoms with Gasteiger partial charge in [0.15, 0.2) is 0 Å². The van der Waals surface area contributed by atoms with Gasteiger partial charge >= 0.3 is 0 Å². The number of hydrogen-bond acceptors (Lipinski definition) is 0. The van der Waals surface area contributed by atoms with Crippen molar-refractivity contribution in [1.82, 2.24) is 0 Å². The molecule has 0 aliphatic rings. The van der Waals surface area contributed by atoms with Crippen LogP contribution in [0, 0.1) is 5.92 Å². The predicted octanol–water partition coefficient (Wildman–Crippen LogP) is 1.50. The van der Waals surface area contributed by atoms with Gasteiger partial charge in [-0.05, 0) is 6.42 Å². The molecule has 0 fully saturated rings. The Bertz CT molecular complexity index is 176. The molecule has 104 valence electrons. The lowest BCUT2D eigenvalue weighted by Crippen LogP contribution is -3.00. The maximum absolute atomic E-state index is 2.52. The summed E-state index contributed by atoms with van der Waals surface area (Å²) in [4.78, 5) is 0. The highest BCUT2D eigenvalue weighted by Crippen LogP contribution is 2.05. The molecule has 0 saturated carbocycles. The molecule has 1 nitrogen and oxygen atoms in total. The smallest absolute Gasteiger partial charge is 0.142 e. The minimum absolute atomic E-state index is 0. The van der Waals surface area contributed by atoms with Crippen LogP contribution in [0.2, 0.25) is 0 Å². The fourth-order valence-corrected chi connectivity index (χ4v) is 2.06. The highest BCUT2D eigenvalue weighted by atomic mass is 35.5. The monoisotopic (exact) mass is 261 g/mol. The number of hydrogen-bond donors (Lipinski definition) is 0. The summed E-state index contributed by atoms with van der Waals surface area (Å²) >= 11 is 0. The summed E-state index contributed by atoms with van der Waals surface area (Å²) in [5.74, 6) is 0.687. The molecule has 0 radical (unpaired) electrons. The molecule has 0 unspecified atom stereocenters. The average molecular weight is 262 g/mol. The van der Waals surface area contributed by atoms with E-state index in [0.717, 1.165) is 0 Å². The second-order valence-electron chi connectivity index (χ2n) is 5.20. The zero-order valence-corrected chi connectivity index (χ0v) is 13.1. The SMILES string of the molecule is CCCCCCCC[N+](=CC(C)C)CCC.[Cl-]. The summed E-state index contributed by atoms with van der Waals surface area (Å²) < 4.78 is 2.52. The van der Waals surface area contributed by atoms with Gasteiger partial charge in [0.2, 0.25) is 0 Å². The van der Waals surface area contributed by atoms with Crippen LogP contribution < -0.4 is 12.4 Å². The molecule has 0 N–H and O–H groups in total. The Balaban J connectivity index is 0. The lowest BCUT2D eigenvalue weighted by Gasteiger charge is -2.04. The molecule has 2 heteroatoms. The average Bonchev–Trinajstić information content (AvgIpc) is 2.22. The molecule has 17 heavy (non-hydrogen) atoms. The molecule has 0 aromatic heterocycles. The normalized spacial score (nSPS) is 11.7. The van der Waals surface area contributed by atoms with Crippen LogP contribution in [0.1, 0.15) is 72.6 Å². The molecule has 0 aliphatic heterocycles. The summed E-state index contributed by atoms with van der Waals surface area (Å²) in [6.45, 7) is 11.6. The van der Waals surface area contributed by atoms with E-state index in [-0.39, 0.29) is 12.4 Å². The van der Waals surface area contributed by atoms with Gasteiger partial charge in [0.25, 0.3) is 0 Å². The number of halogens is 1. The van der Waals surface area contributed by atoms with E-state index in [2.05, 4.69) is 38.5 Å². The topological polar surface area (TPSA) is 3.01 Å². The van der Waals surface area contributed by atoms with Crippen molar-refractivity contribution in [2.45, 2.75) is 72.6 Å². The zero-order chi connectivity index (χ0) is 12.2. The molecular weight excluding hydrogens is 230 g/mol.